The minimum atomic E-state index is -0.160. The molecule has 0 bridgehead atoms. The number of ether oxygens (including phenoxy) is 2. The number of thioether (sulfide) groups is 1. The van der Waals surface area contributed by atoms with Crippen LogP contribution in [0.3, 0.4) is 0 Å². The van der Waals surface area contributed by atoms with Crippen LogP contribution in [0.15, 0.2) is 82.7 Å². The van der Waals surface area contributed by atoms with E-state index in [1.54, 1.807) is 18.2 Å². The average Bonchev–Trinajstić information content (AvgIpc) is 3.51. The molecular weight excluding hydrogens is 436 g/mol. The number of fused-ring (bicyclic) bond motifs is 3. The van der Waals surface area contributed by atoms with Crippen LogP contribution >= 0.6 is 11.8 Å². The number of aromatic nitrogens is 1. The van der Waals surface area contributed by atoms with Crippen molar-refractivity contribution in [3.63, 3.8) is 0 Å². The summed E-state index contributed by atoms with van der Waals surface area (Å²) in [5.74, 6) is 1.16. The van der Waals surface area contributed by atoms with Crippen LogP contribution in [0.25, 0.3) is 17.0 Å². The van der Waals surface area contributed by atoms with Crippen molar-refractivity contribution in [1.82, 2.24) is 4.57 Å². The molecule has 7 heteroatoms. The molecule has 0 atom stereocenters. The van der Waals surface area contributed by atoms with E-state index in [-0.39, 0.29) is 25.0 Å². The van der Waals surface area contributed by atoms with Crippen molar-refractivity contribution in [3.05, 3.63) is 89.0 Å². The van der Waals surface area contributed by atoms with Crippen LogP contribution in [0.4, 0.5) is 5.69 Å². The summed E-state index contributed by atoms with van der Waals surface area (Å²) in [6.07, 6.45) is 3.84. The lowest BCUT2D eigenvalue weighted by Gasteiger charge is -2.08. The van der Waals surface area contributed by atoms with Crippen molar-refractivity contribution in [2.45, 2.75) is 11.4 Å². The third kappa shape index (κ3) is 3.56. The number of carbonyl (C=O) groups is 2. The SMILES string of the molecule is O=C(Cn1cc(/C=C2\Sc3ccccc3C2=O)c2ccccc21)Nc1ccc2c(c1)OCO2. The molecule has 0 spiro atoms. The molecule has 6 rings (SSSR count). The predicted octanol–water partition coefficient (Wildman–Crippen LogP) is 5.34. The number of allylic oxidation sites excluding steroid dienone is 1. The molecule has 6 nitrogen and oxygen atoms in total. The lowest BCUT2D eigenvalue weighted by atomic mass is 10.1. The lowest BCUT2D eigenvalue weighted by molar-refractivity contribution is -0.116. The maximum Gasteiger partial charge on any atom is 0.244 e. The molecule has 0 saturated heterocycles. The van der Waals surface area contributed by atoms with Crippen LogP contribution in [0.2, 0.25) is 0 Å². The van der Waals surface area contributed by atoms with Crippen molar-refractivity contribution in [2.24, 2.45) is 0 Å². The Morgan fingerprint density at radius 3 is 2.76 bits per heavy atom. The summed E-state index contributed by atoms with van der Waals surface area (Å²) in [7, 11) is 0. The summed E-state index contributed by atoms with van der Waals surface area (Å²) in [6, 6.07) is 20.8. The first-order valence-electron chi connectivity index (χ1n) is 10.5. The quantitative estimate of drug-likeness (QED) is 0.422. The fourth-order valence-corrected chi connectivity index (χ4v) is 5.17. The van der Waals surface area contributed by atoms with Crippen LogP contribution in [-0.2, 0) is 11.3 Å². The van der Waals surface area contributed by atoms with Gasteiger partial charge in [0, 0.05) is 44.9 Å². The highest BCUT2D eigenvalue weighted by Gasteiger charge is 2.25. The van der Waals surface area contributed by atoms with Crippen LogP contribution in [0.1, 0.15) is 15.9 Å². The van der Waals surface area contributed by atoms with E-state index in [9.17, 15) is 9.59 Å². The number of hydrogen-bond acceptors (Lipinski definition) is 5. The van der Waals surface area contributed by atoms with Crippen molar-refractivity contribution < 1.29 is 19.1 Å². The molecule has 0 fully saturated rings. The van der Waals surface area contributed by atoms with E-state index in [1.807, 2.05) is 65.4 Å². The fraction of sp³-hybridized carbons (Fsp3) is 0.0769. The van der Waals surface area contributed by atoms with E-state index < -0.39 is 0 Å². The number of Topliss-reactive ketones (excluding diaryl/α,β-unsaturated/α-hetero) is 1. The van der Waals surface area contributed by atoms with Gasteiger partial charge in [-0.05, 0) is 36.4 Å². The van der Waals surface area contributed by atoms with Crippen LogP contribution in [0, 0.1) is 0 Å². The Kier molecular flexibility index (Phi) is 4.69. The van der Waals surface area contributed by atoms with Crippen molar-refractivity contribution in [3.8, 4) is 11.5 Å². The van der Waals surface area contributed by atoms with E-state index in [4.69, 9.17) is 9.47 Å². The van der Waals surface area contributed by atoms with E-state index in [0.29, 0.717) is 22.1 Å². The first-order chi connectivity index (χ1) is 16.2. The molecule has 3 aromatic carbocycles. The highest BCUT2D eigenvalue weighted by molar-refractivity contribution is 8.04. The zero-order valence-electron chi connectivity index (χ0n) is 17.4. The molecule has 0 saturated carbocycles. The summed E-state index contributed by atoms with van der Waals surface area (Å²) in [5.41, 5.74) is 3.22. The minimum Gasteiger partial charge on any atom is -0.454 e. The number of anilines is 1. The second-order valence-electron chi connectivity index (χ2n) is 7.78. The number of ketones is 1. The van der Waals surface area contributed by atoms with Gasteiger partial charge in [0.15, 0.2) is 11.5 Å². The standard InChI is InChI=1S/C26H18N2O4S/c29-25(27-17-9-10-21-22(12-17)32-15-31-21)14-28-13-16(18-5-1-3-7-20(18)28)11-24-26(30)19-6-2-4-8-23(19)33-24/h1-13H,14-15H2,(H,27,29)/b24-11-. The van der Waals surface area contributed by atoms with Gasteiger partial charge in [-0.1, -0.05) is 42.1 Å². The van der Waals surface area contributed by atoms with Crippen LogP contribution in [-0.4, -0.2) is 23.1 Å². The van der Waals surface area contributed by atoms with E-state index in [0.717, 1.165) is 26.9 Å². The molecule has 2 aliphatic heterocycles. The summed E-state index contributed by atoms with van der Waals surface area (Å²) in [4.78, 5) is 27.3. The predicted molar refractivity (Wildman–Crippen MR) is 128 cm³/mol. The Bertz CT molecular complexity index is 1470. The van der Waals surface area contributed by atoms with Gasteiger partial charge in [0.1, 0.15) is 6.54 Å². The summed E-state index contributed by atoms with van der Waals surface area (Å²) in [6.45, 7) is 0.325. The third-order valence-corrected chi connectivity index (χ3v) is 6.75. The van der Waals surface area contributed by atoms with Crippen LogP contribution in [0.5, 0.6) is 11.5 Å². The number of rotatable bonds is 4. The Labute approximate surface area is 193 Å². The maximum absolute atomic E-state index is 12.8. The molecule has 0 aliphatic carbocycles. The molecule has 1 aromatic heterocycles. The molecule has 0 unspecified atom stereocenters. The van der Waals surface area contributed by atoms with Gasteiger partial charge in [-0.3, -0.25) is 9.59 Å². The summed E-state index contributed by atoms with van der Waals surface area (Å²) < 4.78 is 12.6. The molecule has 1 N–H and O–H groups in total. The van der Waals surface area contributed by atoms with Gasteiger partial charge >= 0.3 is 0 Å². The van der Waals surface area contributed by atoms with Crippen LogP contribution < -0.4 is 14.8 Å². The first-order valence-corrected chi connectivity index (χ1v) is 11.3. The zero-order valence-corrected chi connectivity index (χ0v) is 18.2. The van der Waals surface area contributed by atoms with E-state index in [2.05, 4.69) is 5.32 Å². The highest BCUT2D eigenvalue weighted by atomic mass is 32.2. The second kappa shape index (κ2) is 7.86. The van der Waals surface area contributed by atoms with Gasteiger partial charge in [-0.15, -0.1) is 0 Å². The van der Waals surface area contributed by atoms with Gasteiger partial charge in [0.05, 0.1) is 4.91 Å². The zero-order chi connectivity index (χ0) is 22.4. The number of benzene rings is 3. The topological polar surface area (TPSA) is 69.6 Å². The van der Waals surface area contributed by atoms with Gasteiger partial charge in [-0.2, -0.15) is 0 Å². The number of nitrogens with one attached hydrogen (secondary N) is 1. The molecular formula is C26H18N2O4S. The van der Waals surface area contributed by atoms with Gasteiger partial charge in [-0.25, -0.2) is 0 Å². The molecule has 0 radical (unpaired) electrons. The monoisotopic (exact) mass is 454 g/mol. The average molecular weight is 455 g/mol. The van der Waals surface area contributed by atoms with Crippen molar-refractivity contribution in [1.29, 1.82) is 0 Å². The number of nitrogens with zero attached hydrogens (tertiary/aromatic N) is 1. The second-order valence-corrected chi connectivity index (χ2v) is 8.87. The fourth-order valence-electron chi connectivity index (χ4n) is 4.13. The first kappa shape index (κ1) is 19.7. The Hall–Kier alpha value is -3.97. The molecule has 2 aliphatic rings. The molecule has 4 aromatic rings. The Morgan fingerprint density at radius 2 is 1.85 bits per heavy atom. The maximum atomic E-state index is 12.8. The third-order valence-electron chi connectivity index (χ3n) is 5.65. The Morgan fingerprint density at radius 1 is 1.03 bits per heavy atom. The largest absolute Gasteiger partial charge is 0.454 e. The minimum absolute atomic E-state index is 0.0352. The number of para-hydroxylation sites is 1. The lowest BCUT2D eigenvalue weighted by Crippen LogP contribution is -2.18. The van der Waals surface area contributed by atoms with Gasteiger partial charge in [0.25, 0.3) is 0 Å². The van der Waals surface area contributed by atoms with E-state index >= 15 is 0 Å². The summed E-state index contributed by atoms with van der Waals surface area (Å²) in [5, 5.41) is 3.91. The summed E-state index contributed by atoms with van der Waals surface area (Å²) >= 11 is 1.48. The smallest absolute Gasteiger partial charge is 0.244 e. The molecule has 3 heterocycles. The van der Waals surface area contributed by atoms with Gasteiger partial charge in [0.2, 0.25) is 18.5 Å². The molecule has 1 amide bonds. The Balaban J connectivity index is 1.28. The number of hydrogen-bond donors (Lipinski definition) is 1. The van der Waals surface area contributed by atoms with Gasteiger partial charge < -0.3 is 19.4 Å². The van der Waals surface area contributed by atoms with Crippen molar-refractivity contribution >= 4 is 46.1 Å². The highest BCUT2D eigenvalue weighted by Crippen LogP contribution is 2.41. The number of carbonyl (C=O) groups excluding carboxylic acids is 2. The normalized spacial score (nSPS) is 15.3. The number of amides is 1. The molecule has 33 heavy (non-hydrogen) atoms. The van der Waals surface area contributed by atoms with Crippen molar-refractivity contribution in [2.75, 3.05) is 12.1 Å². The molecule has 162 valence electrons. The van der Waals surface area contributed by atoms with E-state index in [1.165, 1.54) is 11.8 Å².